The summed E-state index contributed by atoms with van der Waals surface area (Å²) in [5.41, 5.74) is 7.67. The summed E-state index contributed by atoms with van der Waals surface area (Å²) < 4.78 is 5.04. The van der Waals surface area contributed by atoms with Crippen LogP contribution in [0.5, 0.6) is 0 Å². The van der Waals surface area contributed by atoms with E-state index in [1.165, 1.54) is 0 Å². The van der Waals surface area contributed by atoms with Crippen LogP contribution in [0.3, 0.4) is 0 Å². The average Bonchev–Trinajstić information content (AvgIpc) is 2.28. The lowest BCUT2D eigenvalue weighted by Gasteiger charge is -2.33. The average molecular weight is 282 g/mol. The zero-order valence-electron chi connectivity index (χ0n) is 11.8. The monoisotopic (exact) mass is 282 g/mol. The fourth-order valence-electron chi connectivity index (χ4n) is 1.80. The van der Waals surface area contributed by atoms with Gasteiger partial charge in [-0.2, -0.15) is 0 Å². The summed E-state index contributed by atoms with van der Waals surface area (Å²) in [7, 11) is 0. The van der Waals surface area contributed by atoms with Gasteiger partial charge in [0.2, 0.25) is 5.91 Å². The van der Waals surface area contributed by atoms with Crippen molar-refractivity contribution >= 4 is 17.7 Å². The Labute approximate surface area is 116 Å². The Balaban J connectivity index is 2.32. The van der Waals surface area contributed by atoms with Crippen molar-refractivity contribution in [3.05, 3.63) is 10.4 Å². The van der Waals surface area contributed by atoms with E-state index in [1.54, 1.807) is 20.8 Å². The van der Waals surface area contributed by atoms with Crippen molar-refractivity contribution in [2.75, 3.05) is 0 Å². The Morgan fingerprint density at radius 3 is 2.60 bits per heavy atom. The Morgan fingerprint density at radius 1 is 1.45 bits per heavy atom. The molecule has 1 aliphatic rings. The maximum absolute atomic E-state index is 11.6. The number of nitrogens with zero attached hydrogens (tertiary/aromatic N) is 3. The van der Waals surface area contributed by atoms with Gasteiger partial charge >= 0.3 is 5.97 Å². The number of carbonyl (C=O) groups is 3. The molecule has 0 radical (unpaired) electrons. The molecule has 110 valence electrons. The van der Waals surface area contributed by atoms with Crippen molar-refractivity contribution in [3.63, 3.8) is 0 Å². The molecular formula is C12H18N4O4. The van der Waals surface area contributed by atoms with E-state index in [0.717, 1.165) is 0 Å². The number of hydrogen-bond donors (Lipinski definition) is 1. The third-order valence-corrected chi connectivity index (χ3v) is 2.65. The van der Waals surface area contributed by atoms with Crippen LogP contribution in [0.4, 0.5) is 0 Å². The second kappa shape index (κ2) is 6.38. The third-order valence-electron chi connectivity index (χ3n) is 2.65. The smallest absolute Gasteiger partial charge is 0.313 e. The van der Waals surface area contributed by atoms with E-state index in [1.807, 2.05) is 0 Å². The number of nitrogens with one attached hydrogen (secondary N) is 1. The van der Waals surface area contributed by atoms with Crippen LogP contribution in [-0.4, -0.2) is 35.3 Å². The summed E-state index contributed by atoms with van der Waals surface area (Å²) in [6.07, 6.45) is 0.183. The van der Waals surface area contributed by atoms with Gasteiger partial charge in [-0.25, -0.2) is 0 Å². The lowest BCUT2D eigenvalue weighted by molar-refractivity contribution is -0.156. The van der Waals surface area contributed by atoms with Crippen molar-refractivity contribution in [2.45, 2.75) is 57.7 Å². The number of ketones is 1. The van der Waals surface area contributed by atoms with E-state index < -0.39 is 17.6 Å². The molecule has 20 heavy (non-hydrogen) atoms. The molecule has 0 aromatic carbocycles. The highest BCUT2D eigenvalue weighted by Crippen LogP contribution is 2.17. The molecule has 1 amide bonds. The predicted octanol–water partition coefficient (Wildman–Crippen LogP) is 1.24. The number of hydrogen-bond acceptors (Lipinski definition) is 5. The van der Waals surface area contributed by atoms with Gasteiger partial charge in [0.1, 0.15) is 23.8 Å². The highest BCUT2D eigenvalue weighted by Gasteiger charge is 2.38. The third kappa shape index (κ3) is 4.89. The fraction of sp³-hybridized carbons (Fsp3) is 0.750. The van der Waals surface area contributed by atoms with E-state index in [9.17, 15) is 14.4 Å². The molecule has 1 aliphatic heterocycles. The van der Waals surface area contributed by atoms with Crippen molar-refractivity contribution in [1.29, 1.82) is 0 Å². The number of Topliss-reactive ketones (excluding diaryl/α,β-unsaturated/α-hetero) is 1. The van der Waals surface area contributed by atoms with E-state index in [-0.39, 0.29) is 30.6 Å². The highest BCUT2D eigenvalue weighted by molar-refractivity contribution is 5.96. The number of amides is 1. The fourth-order valence-corrected chi connectivity index (χ4v) is 1.80. The van der Waals surface area contributed by atoms with Crippen LogP contribution in [0.15, 0.2) is 5.11 Å². The Hall–Kier alpha value is -2.08. The summed E-state index contributed by atoms with van der Waals surface area (Å²) in [6.45, 7) is 5.18. The molecular weight excluding hydrogens is 264 g/mol. The lowest BCUT2D eigenvalue weighted by atomic mass is 9.94. The van der Waals surface area contributed by atoms with Crippen molar-refractivity contribution in [1.82, 2.24) is 5.32 Å². The zero-order chi connectivity index (χ0) is 15.3. The topological polar surface area (TPSA) is 121 Å². The second-order valence-corrected chi connectivity index (χ2v) is 5.61. The van der Waals surface area contributed by atoms with Crippen LogP contribution in [0, 0.1) is 0 Å². The first-order valence-corrected chi connectivity index (χ1v) is 6.31. The number of esters is 1. The maximum Gasteiger partial charge on any atom is 0.313 e. The minimum Gasteiger partial charge on any atom is -0.460 e. The molecule has 2 atom stereocenters. The van der Waals surface area contributed by atoms with Crippen LogP contribution in [-0.2, 0) is 19.1 Å². The molecule has 1 N–H and O–H groups in total. The molecule has 1 saturated heterocycles. The molecule has 0 unspecified atom stereocenters. The number of carbonyl (C=O) groups excluding carboxylic acids is 3. The summed E-state index contributed by atoms with van der Waals surface area (Å²) in [4.78, 5) is 36.7. The SMILES string of the molecule is CC(C)(C)OC(=O)CC(=O)CC[C@@H]1NC(=O)[C@H]1N=[N+]=[N-]. The van der Waals surface area contributed by atoms with E-state index in [2.05, 4.69) is 15.3 Å². The molecule has 1 heterocycles. The van der Waals surface area contributed by atoms with E-state index in [4.69, 9.17) is 10.3 Å². The van der Waals surface area contributed by atoms with Crippen molar-refractivity contribution < 1.29 is 19.1 Å². The first kappa shape index (κ1) is 16.0. The van der Waals surface area contributed by atoms with Crippen LogP contribution in [0.1, 0.15) is 40.0 Å². The first-order chi connectivity index (χ1) is 9.23. The van der Waals surface area contributed by atoms with Crippen LogP contribution < -0.4 is 5.32 Å². The number of azide groups is 1. The van der Waals surface area contributed by atoms with E-state index in [0.29, 0.717) is 6.42 Å². The van der Waals surface area contributed by atoms with Gasteiger partial charge in [-0.15, -0.1) is 0 Å². The van der Waals surface area contributed by atoms with Gasteiger partial charge in [0.05, 0.1) is 0 Å². The van der Waals surface area contributed by atoms with E-state index >= 15 is 0 Å². The Morgan fingerprint density at radius 2 is 2.10 bits per heavy atom. The summed E-state index contributed by atoms with van der Waals surface area (Å²) in [5.74, 6) is -1.17. The van der Waals surface area contributed by atoms with Gasteiger partial charge in [-0.05, 0) is 32.7 Å². The molecule has 0 aliphatic carbocycles. The summed E-state index contributed by atoms with van der Waals surface area (Å²) in [5, 5.41) is 5.90. The zero-order valence-corrected chi connectivity index (χ0v) is 11.8. The molecule has 0 saturated carbocycles. The highest BCUT2D eigenvalue weighted by atomic mass is 16.6. The molecule has 0 spiro atoms. The standard InChI is InChI=1S/C12H18N4O4/c1-12(2,3)20-9(18)6-7(17)4-5-8-10(15-16-13)11(19)14-8/h8,10H,4-6H2,1-3H3,(H,14,19)/t8-,10-/m0/s1. The second-order valence-electron chi connectivity index (χ2n) is 5.61. The van der Waals surface area contributed by atoms with Crippen molar-refractivity contribution in [2.24, 2.45) is 5.11 Å². The molecule has 1 fully saturated rings. The molecule has 0 aromatic rings. The molecule has 0 aromatic heterocycles. The normalized spacial score (nSPS) is 21.2. The minimum atomic E-state index is -0.755. The van der Waals surface area contributed by atoms with Crippen LogP contribution >= 0.6 is 0 Å². The van der Waals surface area contributed by atoms with Gasteiger partial charge < -0.3 is 10.1 Å². The quantitative estimate of drug-likeness (QED) is 0.197. The molecule has 8 nitrogen and oxygen atoms in total. The van der Waals surface area contributed by atoms with Gasteiger partial charge in [-0.1, -0.05) is 5.11 Å². The molecule has 8 heteroatoms. The summed E-state index contributed by atoms with van der Waals surface area (Å²) >= 11 is 0. The minimum absolute atomic E-state index is 0.127. The largest absolute Gasteiger partial charge is 0.460 e. The predicted molar refractivity (Wildman–Crippen MR) is 69.6 cm³/mol. The number of β-lactam (4-membered cyclic amide) rings is 1. The van der Waals surface area contributed by atoms with Gasteiger partial charge in [0.15, 0.2) is 0 Å². The lowest BCUT2D eigenvalue weighted by Crippen LogP contribution is -2.61. The molecule has 1 rings (SSSR count). The van der Waals surface area contributed by atoms with Gasteiger partial charge in [-0.3, -0.25) is 14.4 Å². The van der Waals surface area contributed by atoms with Gasteiger partial charge in [0.25, 0.3) is 0 Å². The Bertz CT molecular complexity index is 461. The maximum atomic E-state index is 11.6. The first-order valence-electron chi connectivity index (χ1n) is 6.31. The van der Waals surface area contributed by atoms with Crippen LogP contribution in [0.2, 0.25) is 0 Å². The van der Waals surface area contributed by atoms with Crippen LogP contribution in [0.25, 0.3) is 10.4 Å². The number of ether oxygens (including phenoxy) is 1. The Kier molecular flexibility index (Phi) is 5.10. The molecule has 0 bridgehead atoms. The van der Waals surface area contributed by atoms with Gasteiger partial charge in [0, 0.05) is 17.4 Å². The summed E-state index contributed by atoms with van der Waals surface area (Å²) in [6, 6.07) is -1.09. The van der Waals surface area contributed by atoms with Crippen molar-refractivity contribution in [3.8, 4) is 0 Å². The number of rotatable bonds is 6.